The van der Waals surface area contributed by atoms with Crippen LogP contribution in [0.3, 0.4) is 0 Å². The normalized spacial score (nSPS) is 11.9. The summed E-state index contributed by atoms with van der Waals surface area (Å²) in [6.45, 7) is 1.65. The van der Waals surface area contributed by atoms with Crippen LogP contribution in [0.4, 0.5) is 0 Å². The van der Waals surface area contributed by atoms with Gasteiger partial charge < -0.3 is 14.5 Å². The Morgan fingerprint density at radius 1 is 1.30 bits per heavy atom. The molecule has 0 saturated heterocycles. The van der Waals surface area contributed by atoms with Gasteiger partial charge in [-0.05, 0) is 31.2 Å². The molecule has 1 amide bonds. The predicted octanol–water partition coefficient (Wildman–Crippen LogP) is 3.84. The predicted molar refractivity (Wildman–Crippen MR) is 77.2 cm³/mol. The third-order valence-electron chi connectivity index (χ3n) is 2.61. The minimum absolute atomic E-state index is 0.172. The molecule has 0 aliphatic rings. The van der Waals surface area contributed by atoms with E-state index in [1.54, 1.807) is 36.6 Å². The first-order chi connectivity index (χ1) is 9.58. The average Bonchev–Trinajstić information content (AvgIpc) is 2.92. The summed E-state index contributed by atoms with van der Waals surface area (Å²) in [5, 5.41) is 3.48. The van der Waals surface area contributed by atoms with Crippen LogP contribution in [0.25, 0.3) is 0 Å². The smallest absolute Gasteiger partial charge is 0.258 e. The molecular formula is C14H13Cl2NO3. The maximum absolute atomic E-state index is 11.8. The van der Waals surface area contributed by atoms with Gasteiger partial charge in [-0.15, -0.1) is 0 Å². The minimum atomic E-state index is -0.287. The lowest BCUT2D eigenvalue weighted by atomic mass is 10.2. The molecule has 1 aromatic heterocycles. The van der Waals surface area contributed by atoms with Crippen molar-refractivity contribution in [3.63, 3.8) is 0 Å². The quantitative estimate of drug-likeness (QED) is 0.912. The van der Waals surface area contributed by atoms with Gasteiger partial charge in [-0.1, -0.05) is 29.3 Å². The van der Waals surface area contributed by atoms with Gasteiger partial charge in [0.05, 0.1) is 22.4 Å². The van der Waals surface area contributed by atoms with Crippen molar-refractivity contribution in [2.24, 2.45) is 0 Å². The highest BCUT2D eigenvalue weighted by molar-refractivity contribution is 6.37. The van der Waals surface area contributed by atoms with Gasteiger partial charge in [-0.2, -0.15) is 0 Å². The number of nitrogens with one attached hydrogen (secondary N) is 1. The number of hydrogen-bond acceptors (Lipinski definition) is 3. The molecule has 1 aromatic carbocycles. The van der Waals surface area contributed by atoms with Crippen LogP contribution in [0.15, 0.2) is 41.0 Å². The molecule has 2 rings (SSSR count). The SMILES string of the molecule is C[C@@H](NC(=O)COc1c(Cl)cccc1Cl)c1ccco1. The molecule has 0 unspecified atom stereocenters. The van der Waals surface area contributed by atoms with Gasteiger partial charge in [0, 0.05) is 0 Å². The molecule has 0 fully saturated rings. The number of rotatable bonds is 5. The number of amides is 1. The number of furan rings is 1. The molecule has 0 saturated carbocycles. The van der Waals surface area contributed by atoms with Gasteiger partial charge in [-0.25, -0.2) is 0 Å². The number of halogens is 2. The van der Waals surface area contributed by atoms with E-state index in [0.717, 1.165) is 0 Å². The monoisotopic (exact) mass is 313 g/mol. The molecule has 4 nitrogen and oxygen atoms in total. The van der Waals surface area contributed by atoms with Crippen molar-refractivity contribution in [2.75, 3.05) is 6.61 Å². The summed E-state index contributed by atoms with van der Waals surface area (Å²) < 4.78 is 10.5. The van der Waals surface area contributed by atoms with Crippen molar-refractivity contribution in [2.45, 2.75) is 13.0 Å². The van der Waals surface area contributed by atoms with E-state index >= 15 is 0 Å². The Labute approximate surface area is 126 Å². The van der Waals surface area contributed by atoms with Crippen molar-refractivity contribution in [1.82, 2.24) is 5.32 Å². The summed E-state index contributed by atoms with van der Waals surface area (Å²) in [5.41, 5.74) is 0. The van der Waals surface area contributed by atoms with Crippen LogP contribution >= 0.6 is 23.2 Å². The largest absolute Gasteiger partial charge is 0.481 e. The lowest BCUT2D eigenvalue weighted by molar-refractivity contribution is -0.123. The van der Waals surface area contributed by atoms with Crippen LogP contribution in [0.2, 0.25) is 10.0 Å². The third-order valence-corrected chi connectivity index (χ3v) is 3.21. The van der Waals surface area contributed by atoms with Crippen LogP contribution in [-0.4, -0.2) is 12.5 Å². The van der Waals surface area contributed by atoms with Crippen LogP contribution < -0.4 is 10.1 Å². The zero-order valence-corrected chi connectivity index (χ0v) is 12.2. The fourth-order valence-corrected chi connectivity index (χ4v) is 2.16. The number of hydrogen-bond donors (Lipinski definition) is 1. The summed E-state index contributed by atoms with van der Waals surface area (Å²) in [5.74, 6) is 0.690. The third kappa shape index (κ3) is 3.68. The Balaban J connectivity index is 1.89. The molecular weight excluding hydrogens is 301 g/mol. The number of carbonyl (C=O) groups is 1. The Kier molecular flexibility index (Phi) is 4.93. The Morgan fingerprint density at radius 2 is 2.00 bits per heavy atom. The summed E-state index contributed by atoms with van der Waals surface area (Å²) in [6.07, 6.45) is 1.55. The molecule has 0 aliphatic carbocycles. The van der Waals surface area contributed by atoms with E-state index in [-0.39, 0.29) is 18.6 Å². The van der Waals surface area contributed by atoms with Crippen molar-refractivity contribution < 1.29 is 13.9 Å². The molecule has 20 heavy (non-hydrogen) atoms. The van der Waals surface area contributed by atoms with Crippen LogP contribution in [0, 0.1) is 0 Å². The van der Waals surface area contributed by atoms with Gasteiger partial charge >= 0.3 is 0 Å². The highest BCUT2D eigenvalue weighted by atomic mass is 35.5. The first-order valence-corrected chi connectivity index (χ1v) is 6.73. The van der Waals surface area contributed by atoms with E-state index in [1.807, 2.05) is 6.92 Å². The molecule has 1 atom stereocenters. The highest BCUT2D eigenvalue weighted by Gasteiger charge is 2.13. The average molecular weight is 314 g/mol. The van der Waals surface area contributed by atoms with E-state index in [0.29, 0.717) is 21.6 Å². The fourth-order valence-electron chi connectivity index (χ4n) is 1.65. The Morgan fingerprint density at radius 3 is 2.60 bits per heavy atom. The summed E-state index contributed by atoms with van der Waals surface area (Å²) >= 11 is 11.9. The van der Waals surface area contributed by atoms with Gasteiger partial charge in [-0.3, -0.25) is 4.79 Å². The van der Waals surface area contributed by atoms with E-state index in [1.165, 1.54) is 0 Å². The molecule has 0 radical (unpaired) electrons. The van der Waals surface area contributed by atoms with Crippen molar-refractivity contribution in [3.05, 3.63) is 52.4 Å². The molecule has 1 N–H and O–H groups in total. The Bertz CT molecular complexity index is 564. The fraction of sp³-hybridized carbons (Fsp3) is 0.214. The second kappa shape index (κ2) is 6.68. The van der Waals surface area contributed by atoms with Gasteiger partial charge in [0.2, 0.25) is 0 Å². The summed E-state index contributed by atoms with van der Waals surface area (Å²) in [4.78, 5) is 11.8. The van der Waals surface area contributed by atoms with Gasteiger partial charge in [0.1, 0.15) is 5.76 Å². The molecule has 0 aliphatic heterocycles. The zero-order valence-electron chi connectivity index (χ0n) is 10.7. The standard InChI is InChI=1S/C14H13Cl2NO3/c1-9(12-6-3-7-19-12)17-13(18)8-20-14-10(15)4-2-5-11(14)16/h2-7,9H,8H2,1H3,(H,17,18)/t9-/m1/s1. The first-order valence-electron chi connectivity index (χ1n) is 5.97. The van der Waals surface area contributed by atoms with Gasteiger partial charge in [0.25, 0.3) is 5.91 Å². The van der Waals surface area contributed by atoms with E-state index < -0.39 is 0 Å². The lowest BCUT2D eigenvalue weighted by Gasteiger charge is -2.13. The number of carbonyl (C=O) groups excluding carboxylic acids is 1. The first kappa shape index (κ1) is 14.8. The molecule has 1 heterocycles. The van der Waals surface area contributed by atoms with E-state index in [2.05, 4.69) is 5.32 Å². The minimum Gasteiger partial charge on any atom is -0.481 e. The molecule has 6 heteroatoms. The molecule has 0 spiro atoms. The van der Waals surface area contributed by atoms with Crippen molar-refractivity contribution in [1.29, 1.82) is 0 Å². The van der Waals surface area contributed by atoms with Gasteiger partial charge in [0.15, 0.2) is 12.4 Å². The number of para-hydroxylation sites is 1. The molecule has 2 aromatic rings. The zero-order chi connectivity index (χ0) is 14.5. The van der Waals surface area contributed by atoms with Crippen molar-refractivity contribution >= 4 is 29.1 Å². The van der Waals surface area contributed by atoms with Crippen LogP contribution in [-0.2, 0) is 4.79 Å². The topological polar surface area (TPSA) is 51.5 Å². The molecule has 0 bridgehead atoms. The van der Waals surface area contributed by atoms with Crippen LogP contribution in [0.1, 0.15) is 18.7 Å². The van der Waals surface area contributed by atoms with E-state index in [4.69, 9.17) is 32.4 Å². The number of ether oxygens (including phenoxy) is 1. The summed E-state index contributed by atoms with van der Waals surface area (Å²) in [7, 11) is 0. The second-order valence-corrected chi connectivity index (χ2v) is 4.96. The lowest BCUT2D eigenvalue weighted by Crippen LogP contribution is -2.31. The maximum atomic E-state index is 11.8. The van der Waals surface area contributed by atoms with E-state index in [9.17, 15) is 4.79 Å². The van der Waals surface area contributed by atoms with Crippen molar-refractivity contribution in [3.8, 4) is 5.75 Å². The Hall–Kier alpha value is -1.65. The number of benzene rings is 1. The highest BCUT2D eigenvalue weighted by Crippen LogP contribution is 2.32. The summed E-state index contributed by atoms with van der Waals surface area (Å²) in [6, 6.07) is 8.31. The second-order valence-electron chi connectivity index (χ2n) is 4.14. The molecule has 106 valence electrons. The maximum Gasteiger partial charge on any atom is 0.258 e. The van der Waals surface area contributed by atoms with Crippen LogP contribution in [0.5, 0.6) is 5.75 Å².